The molecule has 5 rings (SSSR count). The van der Waals surface area contributed by atoms with Gasteiger partial charge in [-0.05, 0) is 217 Å². The molecule has 81 heavy (non-hydrogen) atoms. The SMILES string of the molecule is CCC(CC)(c1ccc(C)c(C)c1)c1ccc(CCC(O[Si](C)(C)C(C)(C)C)C(C)(C)C)c(C)c1.CCC(CC)(c1ccc(CCC(O[Si](C)(C)C(C)(C)C)C(C)(C)C)c(C)c1)c1ccc(-c2cccc(CCC(=O)OC)c2)c(C)c1. The second kappa shape index (κ2) is 27.8. The zero-order valence-electron chi connectivity index (χ0n) is 56.6. The van der Waals surface area contributed by atoms with Crippen LogP contribution >= 0.6 is 0 Å². The Morgan fingerprint density at radius 1 is 0.457 bits per heavy atom. The number of carbonyl (C=O) groups excluding carboxylic acids is 1. The molecule has 0 aliphatic heterocycles. The summed E-state index contributed by atoms with van der Waals surface area (Å²) in [6.45, 7) is 58.1. The van der Waals surface area contributed by atoms with E-state index in [0.717, 1.165) is 56.9 Å². The minimum absolute atomic E-state index is 0.0473. The van der Waals surface area contributed by atoms with Gasteiger partial charge in [-0.3, -0.25) is 4.79 Å². The molecule has 0 N–H and O–H groups in total. The highest BCUT2D eigenvalue weighted by atomic mass is 28.4. The van der Waals surface area contributed by atoms with Gasteiger partial charge < -0.3 is 13.6 Å². The normalized spacial score (nSPS) is 13.9. The van der Waals surface area contributed by atoms with Gasteiger partial charge in [-0.15, -0.1) is 0 Å². The predicted octanol–water partition coefficient (Wildman–Crippen LogP) is 21.6. The maximum atomic E-state index is 11.7. The molecule has 5 aromatic carbocycles. The van der Waals surface area contributed by atoms with Gasteiger partial charge in [0.15, 0.2) is 16.6 Å². The van der Waals surface area contributed by atoms with Gasteiger partial charge in [0.05, 0.1) is 19.3 Å². The molecule has 0 saturated heterocycles. The maximum Gasteiger partial charge on any atom is 0.305 e. The van der Waals surface area contributed by atoms with Gasteiger partial charge in [0.1, 0.15) is 0 Å². The smallest absolute Gasteiger partial charge is 0.305 e. The molecule has 0 saturated carbocycles. The largest absolute Gasteiger partial charge is 0.469 e. The van der Waals surface area contributed by atoms with E-state index in [2.05, 4.69) is 269 Å². The van der Waals surface area contributed by atoms with Gasteiger partial charge in [0.25, 0.3) is 0 Å². The molecule has 5 aromatic rings. The van der Waals surface area contributed by atoms with Gasteiger partial charge in [0, 0.05) is 17.3 Å². The van der Waals surface area contributed by atoms with Gasteiger partial charge in [-0.2, -0.15) is 0 Å². The van der Waals surface area contributed by atoms with Gasteiger partial charge in [0.2, 0.25) is 0 Å². The molecule has 6 heteroatoms. The zero-order valence-corrected chi connectivity index (χ0v) is 58.6. The van der Waals surface area contributed by atoms with Crippen molar-refractivity contribution in [3.05, 3.63) is 164 Å². The second-order valence-electron chi connectivity index (χ2n) is 29.5. The van der Waals surface area contributed by atoms with Crippen LogP contribution in [-0.4, -0.2) is 41.9 Å². The number of benzene rings is 5. The Labute approximate surface area is 500 Å². The Kier molecular flexibility index (Phi) is 23.8. The van der Waals surface area contributed by atoms with Crippen molar-refractivity contribution in [3.63, 3.8) is 0 Å². The Bertz CT molecular complexity index is 2830. The van der Waals surface area contributed by atoms with E-state index in [1.165, 1.54) is 79.4 Å². The Hall–Kier alpha value is -4.08. The molecule has 0 fully saturated rings. The number of ether oxygens (including phenoxy) is 1. The summed E-state index contributed by atoms with van der Waals surface area (Å²) >= 11 is 0. The fraction of sp³-hybridized carbons (Fsp3) is 0.587. The van der Waals surface area contributed by atoms with E-state index < -0.39 is 16.6 Å². The monoisotopic (exact) mass is 1140 g/mol. The fourth-order valence-electron chi connectivity index (χ4n) is 11.6. The molecule has 0 heterocycles. The van der Waals surface area contributed by atoms with E-state index in [1.54, 1.807) is 0 Å². The molecule has 0 bridgehead atoms. The molecule has 2 atom stereocenters. The van der Waals surface area contributed by atoms with E-state index in [0.29, 0.717) is 12.8 Å². The number of rotatable bonds is 22. The van der Waals surface area contributed by atoms with E-state index >= 15 is 0 Å². The lowest BCUT2D eigenvalue weighted by Gasteiger charge is -2.43. The third-order valence-corrected chi connectivity index (χ3v) is 28.9. The summed E-state index contributed by atoms with van der Waals surface area (Å²) in [6, 6.07) is 37.2. The average molecular weight is 1140 g/mol. The molecular weight excluding hydrogens is 1020 g/mol. The average Bonchev–Trinajstić information content (AvgIpc) is 3.46. The van der Waals surface area contributed by atoms with Crippen molar-refractivity contribution in [1.29, 1.82) is 0 Å². The third kappa shape index (κ3) is 17.3. The van der Waals surface area contributed by atoms with E-state index in [9.17, 15) is 4.79 Å². The first-order chi connectivity index (χ1) is 37.4. The molecule has 0 spiro atoms. The zero-order chi connectivity index (χ0) is 61.3. The molecule has 0 aliphatic rings. The van der Waals surface area contributed by atoms with Crippen LogP contribution in [0.3, 0.4) is 0 Å². The molecule has 4 nitrogen and oxygen atoms in total. The third-order valence-electron chi connectivity index (χ3n) is 19.9. The summed E-state index contributed by atoms with van der Waals surface area (Å²) in [5.74, 6) is -0.172. The summed E-state index contributed by atoms with van der Waals surface area (Å²) < 4.78 is 18.8. The summed E-state index contributed by atoms with van der Waals surface area (Å²) in [5.41, 5.74) is 19.2. The first-order valence-corrected chi connectivity index (χ1v) is 37.1. The van der Waals surface area contributed by atoms with Crippen molar-refractivity contribution in [1.82, 2.24) is 0 Å². The van der Waals surface area contributed by atoms with Crippen molar-refractivity contribution in [3.8, 4) is 11.1 Å². The second-order valence-corrected chi connectivity index (χ2v) is 39.0. The highest BCUT2D eigenvalue weighted by molar-refractivity contribution is 6.74. The summed E-state index contributed by atoms with van der Waals surface area (Å²) in [4.78, 5) is 11.7. The van der Waals surface area contributed by atoms with Crippen molar-refractivity contribution in [2.24, 2.45) is 10.8 Å². The van der Waals surface area contributed by atoms with E-state index in [4.69, 9.17) is 13.6 Å². The maximum absolute atomic E-state index is 11.7. The molecule has 448 valence electrons. The van der Waals surface area contributed by atoms with Crippen LogP contribution in [0.5, 0.6) is 0 Å². The first-order valence-electron chi connectivity index (χ1n) is 31.3. The highest BCUT2D eigenvalue weighted by Gasteiger charge is 2.43. The summed E-state index contributed by atoms with van der Waals surface area (Å²) in [6.07, 6.45) is 10.1. The van der Waals surface area contributed by atoms with Crippen molar-refractivity contribution < 1.29 is 18.4 Å². The number of methoxy groups -OCH3 is 1. The lowest BCUT2D eigenvalue weighted by atomic mass is 9.69. The summed E-state index contributed by atoms with van der Waals surface area (Å²) in [7, 11) is -2.24. The van der Waals surface area contributed by atoms with Crippen LogP contribution in [-0.2, 0) is 48.5 Å². The number of carbonyl (C=O) groups is 1. The fourth-order valence-corrected chi connectivity index (χ4v) is 14.6. The van der Waals surface area contributed by atoms with Crippen LogP contribution in [0.15, 0.2) is 97.1 Å². The number of aryl methyl sites for hydroxylation is 8. The number of hydrogen-bond donors (Lipinski definition) is 0. The Morgan fingerprint density at radius 2 is 0.840 bits per heavy atom. The van der Waals surface area contributed by atoms with Gasteiger partial charge >= 0.3 is 5.97 Å². The van der Waals surface area contributed by atoms with E-state index in [1.807, 2.05) is 0 Å². The lowest BCUT2D eigenvalue weighted by molar-refractivity contribution is -0.140. The van der Waals surface area contributed by atoms with Crippen molar-refractivity contribution in [2.45, 2.75) is 269 Å². The van der Waals surface area contributed by atoms with Crippen molar-refractivity contribution in [2.75, 3.05) is 7.11 Å². The van der Waals surface area contributed by atoms with Crippen LogP contribution < -0.4 is 0 Å². The minimum Gasteiger partial charge on any atom is -0.469 e. The highest BCUT2D eigenvalue weighted by Crippen LogP contribution is 2.45. The molecule has 0 aromatic heterocycles. The van der Waals surface area contributed by atoms with Crippen molar-refractivity contribution >= 4 is 22.6 Å². The standard InChI is InChI=1S/C42H62O3Si.C33H54OSi/c1-14-42(15-2,36-23-24-37(31(4)28-36)34-18-16-17-32(29-34)19-26-39(43)44-11)35-22-20-33(30(3)27-35)21-25-38(40(5,6)7)45-46(12,13)41(8,9)10;1-14-33(15-2,28-19-16-24(3)25(4)22-28)29-20-17-27(26(5)23-29)18-21-30(31(6,7)8)34-35(12,13)32(9,10)11/h16-18,20,22-24,27-29,38H,14-15,19,21,25-26H2,1-13H3;16-17,19-20,22-23,30H,14-15,18,21H2,1-13H3. The Morgan fingerprint density at radius 3 is 1.19 bits per heavy atom. The Balaban J connectivity index is 0.000000362. The van der Waals surface area contributed by atoms with Crippen LogP contribution in [0.25, 0.3) is 11.1 Å². The predicted molar refractivity (Wildman–Crippen MR) is 358 cm³/mol. The summed E-state index contributed by atoms with van der Waals surface area (Å²) in [5, 5.41) is 0.427. The van der Waals surface area contributed by atoms with Gasteiger partial charge in [-0.25, -0.2) is 0 Å². The van der Waals surface area contributed by atoms with E-state index in [-0.39, 0.29) is 49.9 Å². The number of hydrogen-bond acceptors (Lipinski definition) is 4. The molecule has 0 radical (unpaired) electrons. The lowest BCUT2D eigenvalue weighted by Crippen LogP contribution is -2.47. The quantitative estimate of drug-likeness (QED) is 0.0512. The number of esters is 1. The first kappa shape index (κ1) is 69.4. The van der Waals surface area contributed by atoms with Crippen LogP contribution in [0.2, 0.25) is 36.3 Å². The topological polar surface area (TPSA) is 44.8 Å². The van der Waals surface area contributed by atoms with Crippen LogP contribution in [0.4, 0.5) is 0 Å². The van der Waals surface area contributed by atoms with Crippen LogP contribution in [0, 0.1) is 45.4 Å². The molecule has 0 aliphatic carbocycles. The minimum atomic E-state index is -1.87. The molecular formula is C75H116O4Si2. The van der Waals surface area contributed by atoms with Gasteiger partial charge in [-0.1, -0.05) is 208 Å². The molecule has 0 amide bonds. The van der Waals surface area contributed by atoms with Crippen LogP contribution in [0.1, 0.15) is 222 Å². The molecule has 2 unspecified atom stereocenters.